The van der Waals surface area contributed by atoms with Crippen LogP contribution >= 0.6 is 11.6 Å². The molecule has 0 bridgehead atoms. The molecule has 5 nitrogen and oxygen atoms in total. The van der Waals surface area contributed by atoms with Gasteiger partial charge >= 0.3 is 0 Å². The first-order valence-electron chi connectivity index (χ1n) is 6.44. The van der Waals surface area contributed by atoms with Crippen molar-refractivity contribution in [3.05, 3.63) is 59.1 Å². The number of halogens is 1. The van der Waals surface area contributed by atoms with Crippen molar-refractivity contribution in [2.24, 2.45) is 0 Å². The van der Waals surface area contributed by atoms with Gasteiger partial charge in [0.1, 0.15) is 0 Å². The van der Waals surface area contributed by atoms with Gasteiger partial charge in [0.2, 0.25) is 15.9 Å². The number of hydrogen-bond donors (Lipinski definition) is 2. The molecule has 0 atom stereocenters. The van der Waals surface area contributed by atoms with Crippen LogP contribution in [0.15, 0.2) is 48.5 Å². The largest absolute Gasteiger partial charge is 0.326 e. The maximum Gasteiger partial charge on any atom is 0.229 e. The number of carbonyl (C=O) groups excluding carboxylic acids is 1. The van der Waals surface area contributed by atoms with Crippen LogP contribution < -0.4 is 10.0 Å². The van der Waals surface area contributed by atoms with E-state index in [-0.39, 0.29) is 12.3 Å². The fourth-order valence-electron chi connectivity index (χ4n) is 1.86. The zero-order chi connectivity index (χ0) is 16.2. The van der Waals surface area contributed by atoms with Crippen molar-refractivity contribution in [3.8, 4) is 0 Å². The molecule has 116 valence electrons. The lowest BCUT2D eigenvalue weighted by molar-refractivity contribution is -0.115. The summed E-state index contributed by atoms with van der Waals surface area (Å²) in [7, 11) is -3.31. The Morgan fingerprint density at radius 2 is 1.64 bits per heavy atom. The number of benzene rings is 2. The summed E-state index contributed by atoms with van der Waals surface area (Å²) in [6.45, 7) is 0. The lowest BCUT2D eigenvalue weighted by Gasteiger charge is -2.08. The van der Waals surface area contributed by atoms with Gasteiger partial charge in [-0.2, -0.15) is 0 Å². The van der Waals surface area contributed by atoms with Crippen molar-refractivity contribution in [2.45, 2.75) is 6.42 Å². The molecule has 0 radical (unpaired) electrons. The van der Waals surface area contributed by atoms with E-state index in [0.29, 0.717) is 16.4 Å². The van der Waals surface area contributed by atoms with Crippen molar-refractivity contribution < 1.29 is 13.2 Å². The molecule has 2 aromatic rings. The van der Waals surface area contributed by atoms with Gasteiger partial charge in [-0.25, -0.2) is 8.42 Å². The highest BCUT2D eigenvalue weighted by atomic mass is 35.5. The van der Waals surface area contributed by atoms with Crippen molar-refractivity contribution in [1.29, 1.82) is 0 Å². The third-order valence-corrected chi connectivity index (χ3v) is 3.76. The highest BCUT2D eigenvalue weighted by Crippen LogP contribution is 2.17. The molecule has 2 rings (SSSR count). The fourth-order valence-corrected chi connectivity index (χ4v) is 2.62. The Hall–Kier alpha value is -2.05. The van der Waals surface area contributed by atoms with Gasteiger partial charge in [-0.1, -0.05) is 29.8 Å². The first kappa shape index (κ1) is 16.3. The van der Waals surface area contributed by atoms with E-state index in [9.17, 15) is 13.2 Å². The lowest BCUT2D eigenvalue weighted by atomic mass is 10.1. The lowest BCUT2D eigenvalue weighted by Crippen LogP contribution is -2.14. The van der Waals surface area contributed by atoms with Gasteiger partial charge in [0.05, 0.1) is 12.7 Å². The molecular formula is C15H15ClN2O3S. The molecule has 0 heterocycles. The molecule has 0 fully saturated rings. The second-order valence-electron chi connectivity index (χ2n) is 4.77. The molecule has 0 aromatic heterocycles. The Morgan fingerprint density at radius 1 is 1.05 bits per heavy atom. The Kier molecular flexibility index (Phi) is 5.05. The van der Waals surface area contributed by atoms with Gasteiger partial charge < -0.3 is 5.32 Å². The molecule has 0 aliphatic carbocycles. The first-order chi connectivity index (χ1) is 10.3. The maximum absolute atomic E-state index is 12.0. The predicted molar refractivity (Wildman–Crippen MR) is 88.7 cm³/mol. The molecule has 2 aromatic carbocycles. The van der Waals surface area contributed by atoms with Crippen LogP contribution in [0.2, 0.25) is 5.02 Å². The number of rotatable bonds is 5. The van der Waals surface area contributed by atoms with Crippen LogP contribution in [0.25, 0.3) is 0 Å². The Bertz CT molecular complexity index is 774. The van der Waals surface area contributed by atoms with E-state index in [2.05, 4.69) is 10.0 Å². The van der Waals surface area contributed by atoms with E-state index >= 15 is 0 Å². The van der Waals surface area contributed by atoms with Crippen LogP contribution in [-0.4, -0.2) is 20.6 Å². The molecule has 0 saturated carbocycles. The van der Waals surface area contributed by atoms with E-state index < -0.39 is 10.0 Å². The average Bonchev–Trinajstić information content (AvgIpc) is 2.42. The second kappa shape index (κ2) is 6.81. The van der Waals surface area contributed by atoms with Gasteiger partial charge in [-0.15, -0.1) is 0 Å². The Labute approximate surface area is 134 Å². The molecule has 0 saturated heterocycles. The summed E-state index contributed by atoms with van der Waals surface area (Å²) in [4.78, 5) is 12.0. The minimum absolute atomic E-state index is 0.170. The van der Waals surface area contributed by atoms with Crippen molar-refractivity contribution in [2.75, 3.05) is 16.3 Å². The predicted octanol–water partition coefficient (Wildman–Crippen LogP) is 2.89. The highest BCUT2D eigenvalue weighted by molar-refractivity contribution is 7.92. The van der Waals surface area contributed by atoms with Crippen molar-refractivity contribution in [3.63, 3.8) is 0 Å². The van der Waals surface area contributed by atoms with E-state index in [4.69, 9.17) is 11.6 Å². The Balaban J connectivity index is 1.99. The van der Waals surface area contributed by atoms with Crippen LogP contribution in [-0.2, 0) is 21.2 Å². The zero-order valence-corrected chi connectivity index (χ0v) is 13.4. The molecule has 2 N–H and O–H groups in total. The van der Waals surface area contributed by atoms with Gasteiger partial charge in [-0.05, 0) is 35.9 Å². The van der Waals surface area contributed by atoms with Crippen molar-refractivity contribution >= 4 is 38.9 Å². The summed E-state index contributed by atoms with van der Waals surface area (Å²) in [6.07, 6.45) is 1.25. The average molecular weight is 339 g/mol. The SMILES string of the molecule is CS(=O)(=O)Nc1ccc(NC(=O)Cc2ccccc2Cl)cc1. The quantitative estimate of drug-likeness (QED) is 0.880. The number of carbonyl (C=O) groups is 1. The van der Waals surface area contributed by atoms with E-state index in [1.807, 2.05) is 6.07 Å². The molecule has 0 unspecified atom stereocenters. The molecule has 7 heteroatoms. The number of anilines is 2. The van der Waals surface area contributed by atoms with Crippen LogP contribution in [0.4, 0.5) is 11.4 Å². The maximum atomic E-state index is 12.0. The summed E-state index contributed by atoms with van der Waals surface area (Å²) in [5.74, 6) is -0.197. The standard InChI is InChI=1S/C15H15ClN2O3S/c1-22(20,21)18-13-8-6-12(7-9-13)17-15(19)10-11-4-2-3-5-14(11)16/h2-9,18H,10H2,1H3,(H,17,19). The molecule has 22 heavy (non-hydrogen) atoms. The summed E-state index contributed by atoms with van der Waals surface area (Å²) in [5, 5.41) is 3.28. The molecule has 0 aliphatic heterocycles. The van der Waals surface area contributed by atoms with Crippen LogP contribution in [0, 0.1) is 0 Å². The smallest absolute Gasteiger partial charge is 0.229 e. The third kappa shape index (κ3) is 5.05. The van der Waals surface area contributed by atoms with Crippen molar-refractivity contribution in [1.82, 2.24) is 0 Å². The van der Waals surface area contributed by atoms with E-state index in [0.717, 1.165) is 11.8 Å². The van der Waals surface area contributed by atoms with Crippen LogP contribution in [0.3, 0.4) is 0 Å². The van der Waals surface area contributed by atoms with E-state index in [1.165, 1.54) is 0 Å². The molecule has 1 amide bonds. The fraction of sp³-hybridized carbons (Fsp3) is 0.133. The minimum Gasteiger partial charge on any atom is -0.326 e. The van der Waals surface area contributed by atoms with Crippen LogP contribution in [0.5, 0.6) is 0 Å². The highest BCUT2D eigenvalue weighted by Gasteiger charge is 2.07. The molecule has 0 aliphatic rings. The van der Waals surface area contributed by atoms with Gasteiger partial charge in [0, 0.05) is 16.4 Å². The zero-order valence-electron chi connectivity index (χ0n) is 11.8. The minimum atomic E-state index is -3.31. The first-order valence-corrected chi connectivity index (χ1v) is 8.71. The third-order valence-electron chi connectivity index (χ3n) is 2.78. The topological polar surface area (TPSA) is 75.3 Å². The summed E-state index contributed by atoms with van der Waals surface area (Å²) in [5.41, 5.74) is 1.76. The van der Waals surface area contributed by atoms with Gasteiger partial charge in [0.15, 0.2) is 0 Å². The molecular weight excluding hydrogens is 324 g/mol. The number of amides is 1. The van der Waals surface area contributed by atoms with Crippen LogP contribution in [0.1, 0.15) is 5.56 Å². The molecule has 0 spiro atoms. The summed E-state index contributed by atoms with van der Waals surface area (Å²) < 4.78 is 24.6. The monoisotopic (exact) mass is 338 g/mol. The summed E-state index contributed by atoms with van der Waals surface area (Å²) in [6, 6.07) is 13.5. The number of hydrogen-bond acceptors (Lipinski definition) is 3. The van der Waals surface area contributed by atoms with E-state index in [1.54, 1.807) is 42.5 Å². The number of sulfonamides is 1. The van der Waals surface area contributed by atoms with Gasteiger partial charge in [0.25, 0.3) is 0 Å². The Morgan fingerprint density at radius 3 is 2.23 bits per heavy atom. The normalized spacial score (nSPS) is 11.0. The second-order valence-corrected chi connectivity index (χ2v) is 6.92. The summed E-state index contributed by atoms with van der Waals surface area (Å²) >= 11 is 6.01. The van der Waals surface area contributed by atoms with Gasteiger partial charge in [-0.3, -0.25) is 9.52 Å². The number of nitrogens with one attached hydrogen (secondary N) is 2.